The van der Waals surface area contributed by atoms with Crippen LogP contribution >= 0.6 is 11.8 Å². The Morgan fingerprint density at radius 1 is 1.29 bits per heavy atom. The molecule has 0 atom stereocenters. The van der Waals surface area contributed by atoms with Crippen LogP contribution in [0.3, 0.4) is 0 Å². The van der Waals surface area contributed by atoms with Gasteiger partial charge in [0.05, 0.1) is 0 Å². The number of hydrogen-bond donors (Lipinski definition) is 0. The molecule has 0 aliphatic carbocycles. The lowest BCUT2D eigenvalue weighted by Gasteiger charge is -2.01. The molecule has 1 nitrogen and oxygen atoms in total. The van der Waals surface area contributed by atoms with Gasteiger partial charge in [-0.2, -0.15) is 0 Å². The van der Waals surface area contributed by atoms with Crippen molar-refractivity contribution in [3.8, 4) is 0 Å². The minimum absolute atomic E-state index is 0.134. The van der Waals surface area contributed by atoms with E-state index in [1.54, 1.807) is 18.7 Å². The number of carbonyl (C=O) groups excluding carboxylic acids is 1. The lowest BCUT2D eigenvalue weighted by atomic mass is 10.1. The molecule has 0 saturated heterocycles. The van der Waals surface area contributed by atoms with Crippen molar-refractivity contribution in [3.63, 3.8) is 0 Å². The van der Waals surface area contributed by atoms with Crippen molar-refractivity contribution in [2.24, 2.45) is 0 Å². The normalized spacial score (nSPS) is 8.86. The maximum absolute atomic E-state index is 11.0. The Morgan fingerprint density at radius 3 is 2.14 bits per heavy atom. The summed E-state index contributed by atoms with van der Waals surface area (Å²) in [6.45, 7) is 5.84. The van der Waals surface area contributed by atoms with Crippen molar-refractivity contribution in [3.05, 3.63) is 29.8 Å². The molecule has 1 rings (SSSR count). The van der Waals surface area contributed by atoms with Gasteiger partial charge in [-0.25, -0.2) is 0 Å². The molecule has 0 heterocycles. The number of thioether (sulfide) groups is 1. The fourth-order valence-corrected chi connectivity index (χ4v) is 1.58. The number of benzene rings is 1. The molecule has 0 radical (unpaired) electrons. The summed E-state index contributed by atoms with van der Waals surface area (Å²) in [5, 5.41) is 0. The van der Waals surface area contributed by atoms with Crippen LogP contribution in [0.25, 0.3) is 0 Å². The topological polar surface area (TPSA) is 17.1 Å². The minimum atomic E-state index is 0.134. The second-order valence-electron chi connectivity index (χ2n) is 2.96. The van der Waals surface area contributed by atoms with Crippen LogP contribution in [0.1, 0.15) is 37.6 Å². The van der Waals surface area contributed by atoms with E-state index < -0.39 is 0 Å². The quantitative estimate of drug-likeness (QED) is 0.541. The molecule has 0 aromatic heterocycles. The predicted molar refractivity (Wildman–Crippen MR) is 64.2 cm³/mol. The third-order valence-corrected chi connectivity index (χ3v) is 2.28. The summed E-state index contributed by atoms with van der Waals surface area (Å²) < 4.78 is 0. The zero-order valence-electron chi connectivity index (χ0n) is 9.33. The number of carbonyl (C=O) groups is 1. The Labute approximate surface area is 90.9 Å². The second kappa shape index (κ2) is 7.63. The summed E-state index contributed by atoms with van der Waals surface area (Å²) in [6, 6.07) is 7.64. The van der Waals surface area contributed by atoms with Crippen LogP contribution in [0.4, 0.5) is 0 Å². The van der Waals surface area contributed by atoms with E-state index in [2.05, 4.69) is 13.8 Å². The highest BCUT2D eigenvalue weighted by Crippen LogP contribution is 2.19. The van der Waals surface area contributed by atoms with Gasteiger partial charge in [-0.05, 0) is 19.2 Å². The van der Waals surface area contributed by atoms with Gasteiger partial charge in [-0.1, -0.05) is 38.5 Å². The van der Waals surface area contributed by atoms with E-state index in [9.17, 15) is 4.79 Å². The number of ketones is 1. The van der Waals surface area contributed by atoms with Gasteiger partial charge >= 0.3 is 0 Å². The molecular weight excluding hydrogens is 192 g/mol. The summed E-state index contributed by atoms with van der Waals surface area (Å²) in [5.74, 6) is 0.134. The third-order valence-electron chi connectivity index (χ3n) is 1.49. The van der Waals surface area contributed by atoms with Crippen molar-refractivity contribution < 1.29 is 4.79 Å². The van der Waals surface area contributed by atoms with Crippen molar-refractivity contribution in [1.29, 1.82) is 0 Å². The Morgan fingerprint density at radius 2 is 1.79 bits per heavy atom. The first-order valence-corrected chi connectivity index (χ1v) is 6.03. The molecule has 2 heteroatoms. The van der Waals surface area contributed by atoms with E-state index in [-0.39, 0.29) is 5.78 Å². The molecule has 0 unspecified atom stereocenters. The van der Waals surface area contributed by atoms with Gasteiger partial charge in [0, 0.05) is 10.5 Å². The van der Waals surface area contributed by atoms with Crippen LogP contribution in [-0.4, -0.2) is 12.0 Å². The van der Waals surface area contributed by atoms with Crippen molar-refractivity contribution in [2.75, 3.05) is 6.26 Å². The van der Waals surface area contributed by atoms with Crippen LogP contribution in [0, 0.1) is 0 Å². The van der Waals surface area contributed by atoms with Crippen LogP contribution in [-0.2, 0) is 0 Å². The number of rotatable bonds is 2. The molecule has 0 aliphatic rings. The maximum Gasteiger partial charge on any atom is 0.160 e. The molecule has 0 amide bonds. The summed E-state index contributed by atoms with van der Waals surface area (Å²) >= 11 is 1.60. The molecule has 0 aliphatic heterocycles. The van der Waals surface area contributed by atoms with Gasteiger partial charge < -0.3 is 0 Å². The monoisotopic (exact) mass is 210 g/mol. The SMILES string of the molecule is CCC.CSc1ccccc1C(C)=O. The highest BCUT2D eigenvalue weighted by Gasteiger charge is 2.03. The van der Waals surface area contributed by atoms with Crippen LogP contribution in [0.15, 0.2) is 29.2 Å². The molecule has 0 N–H and O–H groups in total. The Hall–Kier alpha value is -0.760. The number of Topliss-reactive ketones (excluding diaryl/α,β-unsaturated/α-hetero) is 1. The van der Waals surface area contributed by atoms with E-state index in [0.29, 0.717) is 0 Å². The van der Waals surface area contributed by atoms with Gasteiger partial charge in [0.2, 0.25) is 0 Å². The zero-order valence-corrected chi connectivity index (χ0v) is 10.1. The Kier molecular flexibility index (Phi) is 7.21. The van der Waals surface area contributed by atoms with Crippen LogP contribution < -0.4 is 0 Å². The maximum atomic E-state index is 11.0. The van der Waals surface area contributed by atoms with E-state index in [1.807, 2.05) is 30.5 Å². The van der Waals surface area contributed by atoms with Crippen LogP contribution in [0.2, 0.25) is 0 Å². The molecule has 0 fully saturated rings. The fourth-order valence-electron chi connectivity index (χ4n) is 0.935. The smallest absolute Gasteiger partial charge is 0.160 e. The standard InChI is InChI=1S/C9H10OS.C3H8/c1-7(10)8-5-3-4-6-9(8)11-2;1-3-2/h3-6H,1-2H3;3H2,1-2H3. The Bertz CT molecular complexity index is 281. The zero-order chi connectivity index (χ0) is 11.0. The van der Waals surface area contributed by atoms with Gasteiger partial charge in [-0.15, -0.1) is 11.8 Å². The average molecular weight is 210 g/mol. The molecule has 14 heavy (non-hydrogen) atoms. The minimum Gasteiger partial charge on any atom is -0.294 e. The van der Waals surface area contributed by atoms with E-state index in [1.165, 1.54) is 6.42 Å². The summed E-state index contributed by atoms with van der Waals surface area (Å²) in [5.41, 5.74) is 0.819. The van der Waals surface area contributed by atoms with Gasteiger partial charge in [0.15, 0.2) is 5.78 Å². The average Bonchev–Trinajstić information content (AvgIpc) is 2.19. The lowest BCUT2D eigenvalue weighted by Crippen LogP contribution is -1.93. The summed E-state index contributed by atoms with van der Waals surface area (Å²) in [4.78, 5) is 12.1. The first kappa shape index (κ1) is 13.2. The molecule has 0 bridgehead atoms. The fraction of sp³-hybridized carbons (Fsp3) is 0.417. The van der Waals surface area contributed by atoms with Gasteiger partial charge in [-0.3, -0.25) is 4.79 Å². The molecule has 1 aromatic carbocycles. The third kappa shape index (κ3) is 4.47. The van der Waals surface area contributed by atoms with Gasteiger partial charge in [0.25, 0.3) is 0 Å². The van der Waals surface area contributed by atoms with Crippen molar-refractivity contribution >= 4 is 17.5 Å². The first-order chi connectivity index (χ1) is 6.67. The first-order valence-electron chi connectivity index (χ1n) is 4.81. The molecule has 0 spiro atoms. The van der Waals surface area contributed by atoms with Gasteiger partial charge in [0.1, 0.15) is 0 Å². The van der Waals surface area contributed by atoms with E-state index in [0.717, 1.165) is 10.5 Å². The second-order valence-corrected chi connectivity index (χ2v) is 3.81. The molecular formula is C12H18OS. The molecule has 78 valence electrons. The molecule has 0 saturated carbocycles. The predicted octanol–water partition coefficient (Wildman–Crippen LogP) is 4.03. The summed E-state index contributed by atoms with van der Waals surface area (Å²) in [6.07, 6.45) is 3.22. The molecule has 1 aromatic rings. The Balaban J connectivity index is 0.000000500. The largest absolute Gasteiger partial charge is 0.294 e. The van der Waals surface area contributed by atoms with E-state index >= 15 is 0 Å². The highest BCUT2D eigenvalue weighted by atomic mass is 32.2. The van der Waals surface area contributed by atoms with Crippen LogP contribution in [0.5, 0.6) is 0 Å². The number of hydrogen-bond acceptors (Lipinski definition) is 2. The van der Waals surface area contributed by atoms with E-state index in [4.69, 9.17) is 0 Å². The summed E-state index contributed by atoms with van der Waals surface area (Å²) in [7, 11) is 0. The highest BCUT2D eigenvalue weighted by molar-refractivity contribution is 7.98. The van der Waals surface area contributed by atoms with Crippen molar-refractivity contribution in [1.82, 2.24) is 0 Å². The van der Waals surface area contributed by atoms with Crippen molar-refractivity contribution in [2.45, 2.75) is 32.1 Å². The lowest BCUT2D eigenvalue weighted by molar-refractivity contribution is 0.101.